The Balaban J connectivity index is 1.94. The molecule has 0 radical (unpaired) electrons. The van der Waals surface area contributed by atoms with Crippen molar-refractivity contribution < 1.29 is 4.79 Å². The molecule has 0 atom stereocenters. The summed E-state index contributed by atoms with van der Waals surface area (Å²) in [6, 6.07) is 7.29. The van der Waals surface area contributed by atoms with Gasteiger partial charge in [-0.05, 0) is 29.7 Å². The molecule has 1 amide bonds. The van der Waals surface area contributed by atoms with Crippen LogP contribution in [0, 0.1) is 5.92 Å². The van der Waals surface area contributed by atoms with Crippen molar-refractivity contribution in [1.82, 2.24) is 10.2 Å². The molecule has 0 aliphatic heterocycles. The van der Waals surface area contributed by atoms with Crippen molar-refractivity contribution in [1.29, 1.82) is 0 Å². The topological polar surface area (TPSA) is 54.9 Å². The third-order valence-electron chi connectivity index (χ3n) is 2.56. The van der Waals surface area contributed by atoms with Gasteiger partial charge in [-0.2, -0.15) is 0 Å². The second kappa shape index (κ2) is 7.33. The van der Waals surface area contributed by atoms with Gasteiger partial charge in [0.2, 0.25) is 11.0 Å². The van der Waals surface area contributed by atoms with E-state index in [0.29, 0.717) is 16.1 Å². The minimum absolute atomic E-state index is 0.234. The molecule has 1 aromatic heterocycles. The fourth-order valence-corrected chi connectivity index (χ4v) is 2.82. The van der Waals surface area contributed by atoms with E-state index in [0.717, 1.165) is 17.0 Å². The number of hydrogen-bond donors (Lipinski definition) is 1. The van der Waals surface area contributed by atoms with Gasteiger partial charge < -0.3 is 0 Å². The normalized spacial score (nSPS) is 11.2. The number of aromatic nitrogens is 2. The van der Waals surface area contributed by atoms with Crippen molar-refractivity contribution in [2.45, 2.75) is 20.3 Å². The molecule has 21 heavy (non-hydrogen) atoms. The average Bonchev–Trinajstić information content (AvgIpc) is 2.83. The quantitative estimate of drug-likeness (QED) is 0.845. The number of rotatable bonds is 5. The minimum atomic E-state index is -0.234. The van der Waals surface area contributed by atoms with Crippen LogP contribution in [0.3, 0.4) is 0 Å². The van der Waals surface area contributed by atoms with E-state index in [-0.39, 0.29) is 5.91 Å². The van der Waals surface area contributed by atoms with Crippen molar-refractivity contribution in [2.75, 3.05) is 5.32 Å². The zero-order valence-electron chi connectivity index (χ0n) is 11.8. The molecule has 1 aromatic carbocycles. The summed E-state index contributed by atoms with van der Waals surface area (Å²) in [6.45, 7) is 4.24. The number of nitrogens with one attached hydrogen (secondary N) is 1. The fraction of sp³-hybridized carbons (Fsp3) is 0.267. The summed E-state index contributed by atoms with van der Waals surface area (Å²) in [4.78, 5) is 11.8. The first-order chi connectivity index (χ1) is 10.0. The number of halogens is 1. The maximum atomic E-state index is 11.8. The van der Waals surface area contributed by atoms with Gasteiger partial charge in [0.25, 0.3) is 0 Å². The average molecular weight is 322 g/mol. The van der Waals surface area contributed by atoms with E-state index in [1.807, 2.05) is 12.1 Å². The molecule has 0 bridgehead atoms. The smallest absolute Gasteiger partial charge is 0.250 e. The van der Waals surface area contributed by atoms with E-state index in [4.69, 9.17) is 11.6 Å². The number of benzene rings is 1. The highest BCUT2D eigenvalue weighted by Gasteiger charge is 2.07. The lowest BCUT2D eigenvalue weighted by atomic mass is 10.1. The van der Waals surface area contributed by atoms with Crippen LogP contribution in [0.4, 0.5) is 5.13 Å². The van der Waals surface area contributed by atoms with Crippen molar-refractivity contribution in [2.24, 2.45) is 5.92 Å². The number of nitrogens with zero attached hydrogens (tertiary/aromatic N) is 2. The highest BCUT2D eigenvalue weighted by atomic mass is 35.5. The van der Waals surface area contributed by atoms with Crippen LogP contribution < -0.4 is 5.32 Å². The summed E-state index contributed by atoms with van der Waals surface area (Å²) >= 11 is 7.29. The summed E-state index contributed by atoms with van der Waals surface area (Å²) < 4.78 is 0. The van der Waals surface area contributed by atoms with Gasteiger partial charge in [0.15, 0.2) is 0 Å². The zero-order valence-corrected chi connectivity index (χ0v) is 13.4. The Hall–Kier alpha value is -1.72. The van der Waals surface area contributed by atoms with Gasteiger partial charge in [0.1, 0.15) is 5.01 Å². The van der Waals surface area contributed by atoms with Crippen molar-refractivity contribution in [3.8, 4) is 0 Å². The SMILES string of the molecule is CC(C)Cc1nnc(NC(=O)/C=C/c2cccc(Cl)c2)s1. The Morgan fingerprint density at radius 3 is 2.95 bits per heavy atom. The Morgan fingerprint density at radius 1 is 1.43 bits per heavy atom. The van der Waals surface area contributed by atoms with Crippen molar-refractivity contribution in [3.63, 3.8) is 0 Å². The van der Waals surface area contributed by atoms with E-state index in [9.17, 15) is 4.79 Å². The Labute approximate surface area is 132 Å². The molecule has 0 fully saturated rings. The van der Waals surface area contributed by atoms with E-state index < -0.39 is 0 Å². The molecule has 0 saturated heterocycles. The molecule has 0 saturated carbocycles. The molecule has 0 aliphatic carbocycles. The molecule has 6 heteroatoms. The summed E-state index contributed by atoms with van der Waals surface area (Å²) in [5.74, 6) is 0.284. The molecule has 1 heterocycles. The molecule has 2 aromatic rings. The lowest BCUT2D eigenvalue weighted by molar-refractivity contribution is -0.111. The summed E-state index contributed by atoms with van der Waals surface area (Å²) in [7, 11) is 0. The fourth-order valence-electron chi connectivity index (χ4n) is 1.67. The van der Waals surface area contributed by atoms with Gasteiger partial charge in [-0.3, -0.25) is 10.1 Å². The third-order valence-corrected chi connectivity index (χ3v) is 3.65. The first-order valence-electron chi connectivity index (χ1n) is 6.60. The molecular formula is C15H16ClN3OS. The molecule has 2 rings (SSSR count). The lowest BCUT2D eigenvalue weighted by Gasteiger charge is -1.97. The van der Waals surface area contributed by atoms with Crippen LogP contribution in [0.2, 0.25) is 5.02 Å². The third kappa shape index (κ3) is 5.28. The van der Waals surface area contributed by atoms with Crippen LogP contribution in [0.25, 0.3) is 6.08 Å². The maximum Gasteiger partial charge on any atom is 0.250 e. The van der Waals surface area contributed by atoms with E-state index >= 15 is 0 Å². The van der Waals surface area contributed by atoms with Gasteiger partial charge in [-0.1, -0.05) is 48.9 Å². The van der Waals surface area contributed by atoms with E-state index in [1.165, 1.54) is 17.4 Å². The molecule has 0 unspecified atom stereocenters. The first kappa shape index (κ1) is 15.7. The summed E-state index contributed by atoms with van der Waals surface area (Å²) in [5.41, 5.74) is 0.871. The molecule has 0 aliphatic rings. The van der Waals surface area contributed by atoms with Gasteiger partial charge in [0.05, 0.1) is 0 Å². The van der Waals surface area contributed by atoms with Gasteiger partial charge in [-0.25, -0.2) is 0 Å². The maximum absolute atomic E-state index is 11.8. The molecular weight excluding hydrogens is 306 g/mol. The number of amides is 1. The Morgan fingerprint density at radius 2 is 2.24 bits per heavy atom. The molecule has 4 nitrogen and oxygen atoms in total. The molecule has 1 N–H and O–H groups in total. The largest absolute Gasteiger partial charge is 0.297 e. The van der Waals surface area contributed by atoms with Crippen LogP contribution in [0.5, 0.6) is 0 Å². The van der Waals surface area contributed by atoms with Crippen LogP contribution >= 0.6 is 22.9 Å². The number of anilines is 1. The zero-order chi connectivity index (χ0) is 15.2. The number of hydrogen-bond acceptors (Lipinski definition) is 4. The minimum Gasteiger partial charge on any atom is -0.297 e. The molecule has 0 spiro atoms. The number of carbonyl (C=O) groups is 1. The summed E-state index contributed by atoms with van der Waals surface area (Å²) in [6.07, 6.45) is 4.03. The van der Waals surface area contributed by atoms with Gasteiger partial charge in [-0.15, -0.1) is 10.2 Å². The van der Waals surface area contributed by atoms with Crippen molar-refractivity contribution in [3.05, 3.63) is 45.9 Å². The molecule has 110 valence electrons. The highest BCUT2D eigenvalue weighted by Crippen LogP contribution is 2.18. The predicted molar refractivity (Wildman–Crippen MR) is 87.6 cm³/mol. The van der Waals surface area contributed by atoms with Crippen LogP contribution in [0.15, 0.2) is 30.3 Å². The van der Waals surface area contributed by atoms with E-state index in [1.54, 1.807) is 18.2 Å². The van der Waals surface area contributed by atoms with Gasteiger partial charge >= 0.3 is 0 Å². The Bertz CT molecular complexity index is 652. The van der Waals surface area contributed by atoms with E-state index in [2.05, 4.69) is 29.4 Å². The standard InChI is InChI=1S/C15H16ClN3OS/c1-10(2)8-14-18-19-15(21-14)17-13(20)7-6-11-4-3-5-12(16)9-11/h3-7,9-10H,8H2,1-2H3,(H,17,19,20)/b7-6+. The van der Waals surface area contributed by atoms with Crippen LogP contribution in [-0.2, 0) is 11.2 Å². The van der Waals surface area contributed by atoms with Crippen molar-refractivity contribution >= 4 is 40.1 Å². The highest BCUT2D eigenvalue weighted by molar-refractivity contribution is 7.15. The monoisotopic (exact) mass is 321 g/mol. The second-order valence-electron chi connectivity index (χ2n) is 4.98. The first-order valence-corrected chi connectivity index (χ1v) is 7.79. The van der Waals surface area contributed by atoms with Crippen LogP contribution in [0.1, 0.15) is 24.4 Å². The van der Waals surface area contributed by atoms with Gasteiger partial charge in [0, 0.05) is 17.5 Å². The Kier molecular flexibility index (Phi) is 5.47. The van der Waals surface area contributed by atoms with Crippen LogP contribution in [-0.4, -0.2) is 16.1 Å². The second-order valence-corrected chi connectivity index (χ2v) is 6.48. The lowest BCUT2D eigenvalue weighted by Crippen LogP contribution is -2.07. The number of carbonyl (C=O) groups excluding carboxylic acids is 1. The predicted octanol–water partition coefficient (Wildman–Crippen LogP) is 4.04. The summed E-state index contributed by atoms with van der Waals surface area (Å²) in [5, 5.41) is 12.8.